The Morgan fingerprint density at radius 1 is 1.33 bits per heavy atom. The molecule has 2 fully saturated rings. The number of hydrogen-bond acceptors (Lipinski definition) is 3. The van der Waals surface area contributed by atoms with Crippen LogP contribution in [0.1, 0.15) is 32.6 Å². The van der Waals surface area contributed by atoms with Crippen LogP contribution >= 0.6 is 0 Å². The molecule has 0 amide bonds. The lowest BCUT2D eigenvalue weighted by Gasteiger charge is -2.42. The van der Waals surface area contributed by atoms with Gasteiger partial charge in [0.05, 0.1) is 24.5 Å². The maximum absolute atomic E-state index is 11.9. The Labute approximate surface area is 91.6 Å². The normalized spacial score (nSPS) is 33.7. The molecule has 1 saturated heterocycles. The molecular formula is C10H19NO3S. The number of ether oxygens (including phenoxy) is 1. The second-order valence-corrected chi connectivity index (χ2v) is 6.48. The molecule has 1 aliphatic carbocycles. The van der Waals surface area contributed by atoms with Crippen molar-refractivity contribution in [2.75, 3.05) is 18.9 Å². The average molecular weight is 233 g/mol. The van der Waals surface area contributed by atoms with Crippen LogP contribution in [0.4, 0.5) is 0 Å². The van der Waals surface area contributed by atoms with E-state index in [9.17, 15) is 8.42 Å². The van der Waals surface area contributed by atoms with Crippen LogP contribution in [0.3, 0.4) is 0 Å². The van der Waals surface area contributed by atoms with Gasteiger partial charge in [-0.1, -0.05) is 12.8 Å². The lowest BCUT2D eigenvalue weighted by Crippen LogP contribution is -2.55. The molecule has 2 aliphatic rings. The number of sulfonamides is 1. The summed E-state index contributed by atoms with van der Waals surface area (Å²) in [4.78, 5) is 0. The van der Waals surface area contributed by atoms with Crippen LogP contribution in [-0.2, 0) is 14.8 Å². The van der Waals surface area contributed by atoms with Crippen molar-refractivity contribution in [1.82, 2.24) is 4.31 Å². The van der Waals surface area contributed by atoms with Crippen molar-refractivity contribution in [3.05, 3.63) is 0 Å². The van der Waals surface area contributed by atoms with E-state index in [2.05, 4.69) is 0 Å². The van der Waals surface area contributed by atoms with Crippen LogP contribution in [0.25, 0.3) is 0 Å². The van der Waals surface area contributed by atoms with E-state index in [-0.39, 0.29) is 17.9 Å². The van der Waals surface area contributed by atoms with E-state index in [0.717, 1.165) is 19.3 Å². The van der Waals surface area contributed by atoms with Gasteiger partial charge in [0, 0.05) is 6.54 Å². The largest absolute Gasteiger partial charge is 0.375 e. The van der Waals surface area contributed by atoms with Gasteiger partial charge >= 0.3 is 0 Å². The van der Waals surface area contributed by atoms with Gasteiger partial charge in [-0.2, -0.15) is 4.31 Å². The number of morpholine rings is 1. The molecule has 0 aromatic heterocycles. The zero-order chi connectivity index (χ0) is 10.9. The Bertz CT molecular complexity index is 313. The summed E-state index contributed by atoms with van der Waals surface area (Å²) >= 11 is 0. The van der Waals surface area contributed by atoms with Crippen molar-refractivity contribution in [1.29, 1.82) is 0 Å². The lowest BCUT2D eigenvalue weighted by atomic mass is 9.91. The van der Waals surface area contributed by atoms with Crippen molar-refractivity contribution in [2.45, 2.75) is 44.8 Å². The molecule has 1 heterocycles. The summed E-state index contributed by atoms with van der Waals surface area (Å²) in [6, 6.07) is 0.109. The Morgan fingerprint density at radius 3 is 2.80 bits per heavy atom. The minimum atomic E-state index is -3.04. The molecule has 15 heavy (non-hydrogen) atoms. The van der Waals surface area contributed by atoms with Gasteiger partial charge in [0.15, 0.2) is 0 Å². The smallest absolute Gasteiger partial charge is 0.214 e. The van der Waals surface area contributed by atoms with Crippen LogP contribution < -0.4 is 0 Å². The predicted octanol–water partition coefficient (Wildman–Crippen LogP) is 0.979. The van der Waals surface area contributed by atoms with Crippen LogP contribution in [-0.4, -0.2) is 43.8 Å². The third kappa shape index (κ3) is 2.19. The Kier molecular flexibility index (Phi) is 3.33. The first kappa shape index (κ1) is 11.4. The quantitative estimate of drug-likeness (QED) is 0.714. The Hall–Kier alpha value is -0.130. The summed E-state index contributed by atoms with van der Waals surface area (Å²) in [7, 11) is -3.04. The molecule has 88 valence electrons. The molecule has 0 unspecified atom stereocenters. The highest BCUT2D eigenvalue weighted by Crippen LogP contribution is 2.30. The highest BCUT2D eigenvalue weighted by atomic mass is 32.2. The van der Waals surface area contributed by atoms with Gasteiger partial charge in [-0.15, -0.1) is 0 Å². The maximum atomic E-state index is 11.9. The maximum Gasteiger partial charge on any atom is 0.214 e. The van der Waals surface area contributed by atoms with Crippen LogP contribution in [0.15, 0.2) is 0 Å². The molecule has 4 nitrogen and oxygen atoms in total. The number of rotatable bonds is 2. The van der Waals surface area contributed by atoms with Gasteiger partial charge in [-0.3, -0.25) is 0 Å². The van der Waals surface area contributed by atoms with Gasteiger partial charge < -0.3 is 4.74 Å². The van der Waals surface area contributed by atoms with Crippen molar-refractivity contribution >= 4 is 10.0 Å². The van der Waals surface area contributed by atoms with E-state index in [1.54, 1.807) is 11.2 Å². The third-order valence-electron chi connectivity index (χ3n) is 3.40. The SMILES string of the molecule is CCS(=O)(=O)N1CCO[C@@H]2CCCC[C@@H]21. The summed E-state index contributed by atoms with van der Waals surface area (Å²) in [5.74, 6) is 0.205. The Balaban J connectivity index is 2.17. The standard InChI is InChI=1S/C10H19NO3S/c1-2-15(12,13)11-7-8-14-10-6-4-3-5-9(10)11/h9-10H,2-8H2,1H3/t9-,10+/m0/s1. The van der Waals surface area contributed by atoms with E-state index < -0.39 is 10.0 Å². The fourth-order valence-corrected chi connectivity index (χ4v) is 3.91. The minimum Gasteiger partial charge on any atom is -0.375 e. The Morgan fingerprint density at radius 2 is 2.07 bits per heavy atom. The summed E-state index contributed by atoms with van der Waals surface area (Å²) in [6.45, 7) is 2.81. The average Bonchev–Trinajstić information content (AvgIpc) is 2.28. The van der Waals surface area contributed by atoms with Crippen molar-refractivity contribution in [3.8, 4) is 0 Å². The molecule has 0 bridgehead atoms. The summed E-state index contributed by atoms with van der Waals surface area (Å²) in [5.41, 5.74) is 0. The van der Waals surface area contributed by atoms with Gasteiger partial charge in [0.2, 0.25) is 10.0 Å². The van der Waals surface area contributed by atoms with E-state index in [4.69, 9.17) is 4.74 Å². The topological polar surface area (TPSA) is 46.6 Å². The second-order valence-electron chi connectivity index (χ2n) is 4.27. The van der Waals surface area contributed by atoms with Gasteiger partial charge in [0.25, 0.3) is 0 Å². The lowest BCUT2D eigenvalue weighted by molar-refractivity contribution is -0.0585. The second kappa shape index (κ2) is 4.39. The van der Waals surface area contributed by atoms with E-state index in [1.807, 2.05) is 0 Å². The van der Waals surface area contributed by atoms with Crippen LogP contribution in [0, 0.1) is 0 Å². The monoisotopic (exact) mass is 233 g/mol. The summed E-state index contributed by atoms with van der Waals surface area (Å²) < 4.78 is 31.1. The zero-order valence-electron chi connectivity index (χ0n) is 9.18. The van der Waals surface area contributed by atoms with Gasteiger partial charge in [0.1, 0.15) is 0 Å². The molecule has 0 spiro atoms. The fourth-order valence-electron chi connectivity index (χ4n) is 2.57. The first-order chi connectivity index (χ1) is 7.15. The highest BCUT2D eigenvalue weighted by Gasteiger charge is 2.39. The van der Waals surface area contributed by atoms with E-state index >= 15 is 0 Å². The molecule has 0 radical (unpaired) electrons. The van der Waals surface area contributed by atoms with Crippen LogP contribution in [0.2, 0.25) is 0 Å². The first-order valence-electron chi connectivity index (χ1n) is 5.76. The molecule has 2 rings (SSSR count). The molecular weight excluding hydrogens is 214 g/mol. The number of hydrogen-bond donors (Lipinski definition) is 0. The molecule has 0 N–H and O–H groups in total. The molecule has 5 heteroatoms. The number of nitrogens with zero attached hydrogens (tertiary/aromatic N) is 1. The summed E-state index contributed by atoms with van der Waals surface area (Å²) in [6.07, 6.45) is 4.42. The third-order valence-corrected chi connectivity index (χ3v) is 5.30. The van der Waals surface area contributed by atoms with Crippen molar-refractivity contribution < 1.29 is 13.2 Å². The minimum absolute atomic E-state index is 0.109. The van der Waals surface area contributed by atoms with Crippen molar-refractivity contribution in [2.24, 2.45) is 0 Å². The predicted molar refractivity (Wildman–Crippen MR) is 58.2 cm³/mol. The zero-order valence-corrected chi connectivity index (χ0v) is 10.0. The summed E-state index contributed by atoms with van der Waals surface area (Å²) in [5, 5.41) is 0. The number of fused-ring (bicyclic) bond motifs is 1. The fraction of sp³-hybridized carbons (Fsp3) is 1.00. The van der Waals surface area contributed by atoms with Crippen molar-refractivity contribution in [3.63, 3.8) is 0 Å². The van der Waals surface area contributed by atoms with Crippen LogP contribution in [0.5, 0.6) is 0 Å². The molecule has 0 aromatic carbocycles. The molecule has 1 saturated carbocycles. The molecule has 1 aliphatic heterocycles. The van der Waals surface area contributed by atoms with E-state index in [0.29, 0.717) is 13.2 Å². The first-order valence-corrected chi connectivity index (χ1v) is 7.37. The van der Waals surface area contributed by atoms with Gasteiger partial charge in [-0.05, 0) is 19.8 Å². The molecule has 0 aromatic rings. The molecule has 2 atom stereocenters. The van der Waals surface area contributed by atoms with Gasteiger partial charge in [-0.25, -0.2) is 8.42 Å². The highest BCUT2D eigenvalue weighted by molar-refractivity contribution is 7.89. The van der Waals surface area contributed by atoms with E-state index in [1.165, 1.54) is 6.42 Å².